The van der Waals surface area contributed by atoms with Crippen LogP contribution in [0.2, 0.25) is 0 Å². The summed E-state index contributed by atoms with van der Waals surface area (Å²) in [5, 5.41) is 18.3. The highest BCUT2D eigenvalue weighted by atomic mass is 16.3. The van der Waals surface area contributed by atoms with Crippen LogP contribution in [0.4, 0.5) is 5.82 Å². The number of nitrogens with zero attached hydrogens (tertiary/aromatic N) is 2. The van der Waals surface area contributed by atoms with E-state index in [9.17, 15) is 5.11 Å². The Bertz CT molecular complexity index is 365. The molecule has 0 atom stereocenters. The lowest BCUT2D eigenvalue weighted by molar-refractivity contribution is 0.0380. The highest BCUT2D eigenvalue weighted by molar-refractivity contribution is 5.32. The first kappa shape index (κ1) is 13.4. The quantitative estimate of drug-likeness (QED) is 0.809. The summed E-state index contributed by atoms with van der Waals surface area (Å²) in [7, 11) is 0. The van der Waals surface area contributed by atoms with Crippen molar-refractivity contribution in [1.82, 2.24) is 9.78 Å². The smallest absolute Gasteiger partial charge is 0.148 e. The molecule has 0 spiro atoms. The van der Waals surface area contributed by atoms with E-state index in [4.69, 9.17) is 0 Å². The largest absolute Gasteiger partial charge is 0.388 e. The Morgan fingerprint density at radius 3 is 2.56 bits per heavy atom. The first-order chi connectivity index (χ1) is 8.59. The zero-order valence-electron chi connectivity index (χ0n) is 11.5. The van der Waals surface area contributed by atoms with Gasteiger partial charge in [-0.05, 0) is 26.7 Å². The van der Waals surface area contributed by atoms with E-state index in [1.165, 1.54) is 12.8 Å². The number of rotatable bonds is 4. The van der Waals surface area contributed by atoms with Gasteiger partial charge in [0.2, 0.25) is 0 Å². The average molecular weight is 251 g/mol. The van der Waals surface area contributed by atoms with Gasteiger partial charge in [0.1, 0.15) is 5.82 Å². The van der Waals surface area contributed by atoms with E-state index < -0.39 is 5.60 Å². The molecule has 102 valence electrons. The first-order valence-electron chi connectivity index (χ1n) is 7.10. The summed E-state index contributed by atoms with van der Waals surface area (Å²) < 4.78 is 1.93. The Balaban J connectivity index is 1.89. The van der Waals surface area contributed by atoms with Crippen molar-refractivity contribution in [2.24, 2.45) is 0 Å². The maximum atomic E-state index is 10.5. The van der Waals surface area contributed by atoms with Gasteiger partial charge in [-0.15, -0.1) is 0 Å². The maximum absolute atomic E-state index is 10.5. The maximum Gasteiger partial charge on any atom is 0.148 e. The topological polar surface area (TPSA) is 50.1 Å². The van der Waals surface area contributed by atoms with Crippen LogP contribution >= 0.6 is 0 Å². The molecule has 4 heteroatoms. The molecule has 1 fully saturated rings. The van der Waals surface area contributed by atoms with Gasteiger partial charge in [0.05, 0.1) is 5.60 Å². The van der Waals surface area contributed by atoms with Gasteiger partial charge >= 0.3 is 0 Å². The van der Waals surface area contributed by atoms with Crippen molar-refractivity contribution in [3.8, 4) is 0 Å². The van der Waals surface area contributed by atoms with Crippen molar-refractivity contribution < 1.29 is 5.11 Å². The molecule has 1 aliphatic rings. The molecule has 1 aliphatic carbocycles. The molecule has 1 saturated carbocycles. The van der Waals surface area contributed by atoms with E-state index in [1.807, 2.05) is 16.9 Å². The van der Waals surface area contributed by atoms with E-state index in [-0.39, 0.29) is 0 Å². The van der Waals surface area contributed by atoms with Gasteiger partial charge in [0.15, 0.2) is 0 Å². The molecule has 2 rings (SSSR count). The Morgan fingerprint density at radius 1 is 1.33 bits per heavy atom. The third-order valence-corrected chi connectivity index (χ3v) is 3.77. The van der Waals surface area contributed by atoms with Gasteiger partial charge in [-0.3, -0.25) is 4.68 Å². The van der Waals surface area contributed by atoms with Gasteiger partial charge in [-0.25, -0.2) is 0 Å². The van der Waals surface area contributed by atoms with Gasteiger partial charge in [-0.2, -0.15) is 5.10 Å². The first-order valence-corrected chi connectivity index (χ1v) is 7.10. The van der Waals surface area contributed by atoms with Crippen molar-refractivity contribution in [1.29, 1.82) is 0 Å². The van der Waals surface area contributed by atoms with Crippen LogP contribution in [0.5, 0.6) is 0 Å². The van der Waals surface area contributed by atoms with Crippen molar-refractivity contribution in [3.63, 3.8) is 0 Å². The Labute approximate surface area is 109 Å². The Kier molecular flexibility index (Phi) is 4.27. The molecular formula is C14H25N3O. The highest BCUT2D eigenvalue weighted by Gasteiger charge is 2.27. The SMILES string of the molecule is CC(C)n1ccc(NCC2(O)CCCCCC2)n1. The molecule has 0 bridgehead atoms. The third-order valence-electron chi connectivity index (χ3n) is 3.77. The number of aromatic nitrogens is 2. The van der Waals surface area contributed by atoms with E-state index in [0.29, 0.717) is 12.6 Å². The van der Waals surface area contributed by atoms with Gasteiger partial charge < -0.3 is 10.4 Å². The van der Waals surface area contributed by atoms with Gasteiger partial charge in [0.25, 0.3) is 0 Å². The third kappa shape index (κ3) is 3.48. The number of nitrogens with one attached hydrogen (secondary N) is 1. The minimum Gasteiger partial charge on any atom is -0.388 e. The Hall–Kier alpha value is -1.03. The summed E-state index contributed by atoms with van der Waals surface area (Å²) in [6, 6.07) is 2.35. The second-order valence-electron chi connectivity index (χ2n) is 5.77. The minimum absolute atomic E-state index is 0.376. The molecule has 0 aromatic carbocycles. The van der Waals surface area contributed by atoms with Crippen LogP contribution in [0.1, 0.15) is 58.4 Å². The van der Waals surface area contributed by atoms with Crippen LogP contribution < -0.4 is 5.32 Å². The van der Waals surface area contributed by atoms with E-state index in [2.05, 4.69) is 24.3 Å². The molecule has 4 nitrogen and oxygen atoms in total. The molecular weight excluding hydrogens is 226 g/mol. The number of aliphatic hydroxyl groups is 1. The molecule has 0 aliphatic heterocycles. The second kappa shape index (κ2) is 5.74. The van der Waals surface area contributed by atoms with Crippen LogP contribution in [0.25, 0.3) is 0 Å². The predicted octanol–water partition coefficient (Wildman–Crippen LogP) is 2.96. The predicted molar refractivity (Wildman–Crippen MR) is 73.8 cm³/mol. The summed E-state index contributed by atoms with van der Waals surface area (Å²) >= 11 is 0. The molecule has 0 radical (unpaired) electrons. The van der Waals surface area contributed by atoms with E-state index in [0.717, 1.165) is 31.5 Å². The van der Waals surface area contributed by atoms with Crippen molar-refractivity contribution in [2.75, 3.05) is 11.9 Å². The summed E-state index contributed by atoms with van der Waals surface area (Å²) in [5.41, 5.74) is -0.544. The molecule has 1 aromatic heterocycles. The lowest BCUT2D eigenvalue weighted by Gasteiger charge is -2.26. The minimum atomic E-state index is -0.544. The zero-order valence-corrected chi connectivity index (χ0v) is 11.5. The molecule has 1 heterocycles. The number of anilines is 1. The summed E-state index contributed by atoms with van der Waals surface area (Å²) in [5.74, 6) is 0.862. The lowest BCUT2D eigenvalue weighted by Crippen LogP contribution is -2.36. The van der Waals surface area contributed by atoms with Crippen molar-refractivity contribution in [2.45, 2.75) is 64.0 Å². The van der Waals surface area contributed by atoms with Gasteiger partial charge in [-0.1, -0.05) is 25.7 Å². The molecule has 0 unspecified atom stereocenters. The van der Waals surface area contributed by atoms with E-state index >= 15 is 0 Å². The van der Waals surface area contributed by atoms with Crippen LogP contribution in [-0.2, 0) is 0 Å². The van der Waals surface area contributed by atoms with Crippen LogP contribution in [-0.4, -0.2) is 27.0 Å². The second-order valence-corrected chi connectivity index (χ2v) is 5.77. The normalized spacial score (nSPS) is 19.8. The fraction of sp³-hybridized carbons (Fsp3) is 0.786. The highest BCUT2D eigenvalue weighted by Crippen LogP contribution is 2.27. The zero-order chi connectivity index (χ0) is 13.0. The summed E-state index contributed by atoms with van der Waals surface area (Å²) in [6.45, 7) is 4.83. The van der Waals surface area contributed by atoms with Crippen LogP contribution in [0, 0.1) is 0 Å². The fourth-order valence-corrected chi connectivity index (χ4v) is 2.54. The Morgan fingerprint density at radius 2 is 2.00 bits per heavy atom. The monoisotopic (exact) mass is 251 g/mol. The average Bonchev–Trinajstić information content (AvgIpc) is 2.71. The molecule has 0 amide bonds. The summed E-state index contributed by atoms with van der Waals surface area (Å²) in [6.07, 6.45) is 8.58. The van der Waals surface area contributed by atoms with Crippen LogP contribution in [0.15, 0.2) is 12.3 Å². The number of hydrogen-bond donors (Lipinski definition) is 2. The van der Waals surface area contributed by atoms with Crippen LogP contribution in [0.3, 0.4) is 0 Å². The standard InChI is InChI=1S/C14H25N3O/c1-12(2)17-10-7-13(16-17)15-11-14(18)8-5-3-4-6-9-14/h7,10,12,18H,3-6,8-9,11H2,1-2H3,(H,15,16). The number of hydrogen-bond acceptors (Lipinski definition) is 3. The summed E-state index contributed by atoms with van der Waals surface area (Å²) in [4.78, 5) is 0. The van der Waals surface area contributed by atoms with Gasteiger partial charge in [0, 0.05) is 24.8 Å². The van der Waals surface area contributed by atoms with Crippen molar-refractivity contribution in [3.05, 3.63) is 12.3 Å². The fourth-order valence-electron chi connectivity index (χ4n) is 2.54. The molecule has 1 aromatic rings. The van der Waals surface area contributed by atoms with E-state index in [1.54, 1.807) is 0 Å². The molecule has 18 heavy (non-hydrogen) atoms. The molecule has 2 N–H and O–H groups in total. The lowest BCUT2D eigenvalue weighted by atomic mass is 9.94. The van der Waals surface area contributed by atoms with Crippen molar-refractivity contribution >= 4 is 5.82 Å². The molecule has 0 saturated heterocycles.